The Hall–Kier alpha value is -1.08. The molecule has 0 rings (SSSR count). The highest BCUT2D eigenvalue weighted by Crippen LogP contribution is 2.04. The second-order valence-corrected chi connectivity index (χ2v) is 4.28. The van der Waals surface area contributed by atoms with E-state index in [2.05, 4.69) is 18.7 Å². The Bertz CT molecular complexity index is 247. The molecular formula is C12H23N3O. The van der Waals surface area contributed by atoms with E-state index in [0.29, 0.717) is 25.6 Å². The van der Waals surface area contributed by atoms with Crippen molar-refractivity contribution in [3.8, 4) is 6.07 Å². The molecule has 0 aromatic rings. The van der Waals surface area contributed by atoms with Crippen LogP contribution in [0.4, 0.5) is 0 Å². The number of rotatable bonds is 7. The van der Waals surface area contributed by atoms with Gasteiger partial charge >= 0.3 is 0 Å². The third-order valence-electron chi connectivity index (χ3n) is 2.83. The molecule has 0 aromatic heterocycles. The lowest BCUT2D eigenvalue weighted by Crippen LogP contribution is -2.40. The summed E-state index contributed by atoms with van der Waals surface area (Å²) in [6.45, 7) is 5.23. The van der Waals surface area contributed by atoms with E-state index in [0.717, 1.165) is 12.8 Å². The summed E-state index contributed by atoms with van der Waals surface area (Å²) in [4.78, 5) is 15.4. The monoisotopic (exact) mass is 225 g/mol. The van der Waals surface area contributed by atoms with Crippen LogP contribution in [0.2, 0.25) is 0 Å². The van der Waals surface area contributed by atoms with E-state index in [1.165, 1.54) is 0 Å². The lowest BCUT2D eigenvalue weighted by atomic mass is 10.2. The van der Waals surface area contributed by atoms with Crippen LogP contribution >= 0.6 is 0 Å². The normalized spacial score (nSPS) is 12.2. The molecule has 4 heteroatoms. The van der Waals surface area contributed by atoms with Crippen molar-refractivity contribution in [1.29, 1.82) is 5.26 Å². The maximum absolute atomic E-state index is 11.7. The molecule has 0 N–H and O–H groups in total. The highest BCUT2D eigenvalue weighted by atomic mass is 16.2. The largest absolute Gasteiger partial charge is 0.344 e. The first kappa shape index (κ1) is 14.9. The van der Waals surface area contributed by atoms with Crippen LogP contribution < -0.4 is 0 Å². The Morgan fingerprint density at radius 2 is 2.06 bits per heavy atom. The summed E-state index contributed by atoms with van der Waals surface area (Å²) in [5, 5.41) is 8.44. The van der Waals surface area contributed by atoms with Crippen LogP contribution in [0.5, 0.6) is 0 Å². The van der Waals surface area contributed by atoms with Crippen LogP contribution in [0.25, 0.3) is 0 Å². The molecule has 0 aliphatic rings. The van der Waals surface area contributed by atoms with E-state index in [1.807, 2.05) is 13.1 Å². The average Bonchev–Trinajstić information content (AvgIpc) is 2.25. The van der Waals surface area contributed by atoms with Gasteiger partial charge in [-0.15, -0.1) is 0 Å². The topological polar surface area (TPSA) is 47.3 Å². The molecule has 0 saturated carbocycles. The number of nitriles is 1. The number of carbonyl (C=O) groups is 1. The van der Waals surface area contributed by atoms with Crippen molar-refractivity contribution < 1.29 is 4.79 Å². The fourth-order valence-corrected chi connectivity index (χ4v) is 1.47. The van der Waals surface area contributed by atoms with E-state index in [4.69, 9.17) is 5.26 Å². The van der Waals surface area contributed by atoms with E-state index in [9.17, 15) is 4.79 Å². The molecule has 1 atom stereocenters. The van der Waals surface area contributed by atoms with Gasteiger partial charge in [0, 0.05) is 19.6 Å². The molecule has 16 heavy (non-hydrogen) atoms. The van der Waals surface area contributed by atoms with Crippen LogP contribution in [-0.4, -0.2) is 48.9 Å². The highest BCUT2D eigenvalue weighted by molar-refractivity contribution is 5.77. The molecule has 0 aliphatic heterocycles. The Kier molecular flexibility index (Phi) is 7.57. The minimum Gasteiger partial charge on any atom is -0.344 e. The molecule has 0 aromatic carbocycles. The first-order chi connectivity index (χ1) is 7.52. The van der Waals surface area contributed by atoms with Gasteiger partial charge in [0.2, 0.25) is 5.91 Å². The van der Waals surface area contributed by atoms with Gasteiger partial charge in [0.1, 0.15) is 0 Å². The molecule has 1 amide bonds. The molecule has 0 aliphatic carbocycles. The number of likely N-dealkylation sites (N-methyl/N-ethyl adjacent to an activating group) is 2. The summed E-state index contributed by atoms with van der Waals surface area (Å²) in [5.74, 6) is 0.0840. The van der Waals surface area contributed by atoms with Crippen LogP contribution in [0.1, 0.15) is 33.1 Å². The summed E-state index contributed by atoms with van der Waals surface area (Å²) < 4.78 is 0. The molecular weight excluding hydrogens is 202 g/mol. The predicted octanol–water partition coefficient (Wildman–Crippen LogP) is 1.48. The van der Waals surface area contributed by atoms with E-state index < -0.39 is 0 Å². The quantitative estimate of drug-likeness (QED) is 0.659. The van der Waals surface area contributed by atoms with Gasteiger partial charge < -0.3 is 4.90 Å². The first-order valence-corrected chi connectivity index (χ1v) is 5.84. The van der Waals surface area contributed by atoms with Gasteiger partial charge in [-0.3, -0.25) is 9.69 Å². The Balaban J connectivity index is 3.98. The van der Waals surface area contributed by atoms with Crippen molar-refractivity contribution in [1.82, 2.24) is 9.80 Å². The standard InChI is InChI=1S/C12H23N3O/c1-5-7-11(2)15(4)10-12(16)14(3)9-6-8-13/h11H,5-7,9-10H2,1-4H3. The molecule has 0 spiro atoms. The van der Waals surface area contributed by atoms with Gasteiger partial charge in [-0.2, -0.15) is 5.26 Å². The van der Waals surface area contributed by atoms with Crippen LogP contribution in [0.15, 0.2) is 0 Å². The maximum Gasteiger partial charge on any atom is 0.236 e. The molecule has 92 valence electrons. The van der Waals surface area contributed by atoms with Gasteiger partial charge in [-0.1, -0.05) is 13.3 Å². The summed E-state index contributed by atoms with van der Waals surface area (Å²) in [6, 6.07) is 2.47. The molecule has 0 fully saturated rings. The molecule has 0 saturated heterocycles. The summed E-state index contributed by atoms with van der Waals surface area (Å²) in [7, 11) is 3.72. The summed E-state index contributed by atoms with van der Waals surface area (Å²) in [6.07, 6.45) is 2.63. The molecule has 0 radical (unpaired) electrons. The van der Waals surface area contributed by atoms with Crippen molar-refractivity contribution in [3.05, 3.63) is 0 Å². The summed E-state index contributed by atoms with van der Waals surface area (Å²) >= 11 is 0. The van der Waals surface area contributed by atoms with Gasteiger partial charge in [0.05, 0.1) is 19.0 Å². The van der Waals surface area contributed by atoms with E-state index >= 15 is 0 Å². The van der Waals surface area contributed by atoms with E-state index in [1.54, 1.807) is 11.9 Å². The van der Waals surface area contributed by atoms with Crippen molar-refractivity contribution in [2.75, 3.05) is 27.2 Å². The SMILES string of the molecule is CCCC(C)N(C)CC(=O)N(C)CCC#N. The van der Waals surface area contributed by atoms with Crippen LogP contribution in [0, 0.1) is 11.3 Å². The van der Waals surface area contributed by atoms with Gasteiger partial charge in [-0.25, -0.2) is 0 Å². The van der Waals surface area contributed by atoms with Gasteiger partial charge in [-0.05, 0) is 20.4 Å². The van der Waals surface area contributed by atoms with Crippen molar-refractivity contribution >= 4 is 5.91 Å². The fourth-order valence-electron chi connectivity index (χ4n) is 1.47. The minimum absolute atomic E-state index is 0.0840. The number of hydrogen-bond donors (Lipinski definition) is 0. The zero-order valence-corrected chi connectivity index (χ0v) is 10.9. The lowest BCUT2D eigenvalue weighted by molar-refractivity contribution is -0.131. The van der Waals surface area contributed by atoms with Crippen molar-refractivity contribution in [2.45, 2.75) is 39.2 Å². The third kappa shape index (κ3) is 5.72. The Labute approximate surface area is 98.8 Å². The lowest BCUT2D eigenvalue weighted by Gasteiger charge is -2.26. The van der Waals surface area contributed by atoms with Gasteiger partial charge in [0.25, 0.3) is 0 Å². The summed E-state index contributed by atoms with van der Waals surface area (Å²) in [5.41, 5.74) is 0. The number of nitrogens with zero attached hydrogens (tertiary/aromatic N) is 3. The number of carbonyl (C=O) groups excluding carboxylic acids is 1. The molecule has 0 heterocycles. The van der Waals surface area contributed by atoms with Crippen molar-refractivity contribution in [2.24, 2.45) is 0 Å². The predicted molar refractivity (Wildman–Crippen MR) is 64.9 cm³/mol. The minimum atomic E-state index is 0.0840. The second-order valence-electron chi connectivity index (χ2n) is 4.28. The second kappa shape index (κ2) is 8.12. The van der Waals surface area contributed by atoms with Gasteiger partial charge in [0.15, 0.2) is 0 Å². The van der Waals surface area contributed by atoms with Crippen LogP contribution in [0.3, 0.4) is 0 Å². The zero-order chi connectivity index (χ0) is 12.6. The highest BCUT2D eigenvalue weighted by Gasteiger charge is 2.14. The Morgan fingerprint density at radius 1 is 1.44 bits per heavy atom. The fraction of sp³-hybridized carbons (Fsp3) is 0.833. The van der Waals surface area contributed by atoms with Crippen molar-refractivity contribution in [3.63, 3.8) is 0 Å². The van der Waals surface area contributed by atoms with Crippen LogP contribution in [-0.2, 0) is 4.79 Å². The Morgan fingerprint density at radius 3 is 2.56 bits per heavy atom. The number of amides is 1. The molecule has 1 unspecified atom stereocenters. The maximum atomic E-state index is 11.7. The zero-order valence-electron chi connectivity index (χ0n) is 10.9. The first-order valence-electron chi connectivity index (χ1n) is 5.84. The van der Waals surface area contributed by atoms with E-state index in [-0.39, 0.29) is 5.91 Å². The third-order valence-corrected chi connectivity index (χ3v) is 2.83. The molecule has 0 bridgehead atoms. The molecule has 4 nitrogen and oxygen atoms in total. The smallest absolute Gasteiger partial charge is 0.236 e. The number of hydrogen-bond acceptors (Lipinski definition) is 3. The average molecular weight is 225 g/mol.